The predicted octanol–water partition coefficient (Wildman–Crippen LogP) is 3.19. The Morgan fingerprint density at radius 3 is 2.19 bits per heavy atom. The number of likely N-dealkylation sites (tertiary alicyclic amines) is 1. The van der Waals surface area contributed by atoms with Crippen molar-refractivity contribution in [3.8, 4) is 5.75 Å². The molecular weight excluding hydrogens is 361 g/mol. The Balaban J connectivity index is 1.48. The average molecular weight is 384 g/mol. The fraction of sp³-hybridized carbons (Fsp3) is 0.579. The molecule has 0 spiro atoms. The lowest BCUT2D eigenvalue weighted by molar-refractivity contribution is -0.274. The Labute approximate surface area is 156 Å². The number of amides is 2. The Hall–Kier alpha value is -2.25. The average Bonchev–Trinajstić information content (AvgIpc) is 3.46. The Morgan fingerprint density at radius 1 is 1.07 bits per heavy atom. The van der Waals surface area contributed by atoms with E-state index in [1.807, 2.05) is 4.90 Å². The van der Waals surface area contributed by atoms with Crippen LogP contribution in [0.4, 0.5) is 13.2 Å². The number of carbonyl (C=O) groups excluding carboxylic acids is 2. The van der Waals surface area contributed by atoms with Gasteiger partial charge in [0.15, 0.2) is 0 Å². The summed E-state index contributed by atoms with van der Waals surface area (Å²) in [6.45, 7) is 1.54. The Kier molecular flexibility index (Phi) is 5.62. The highest BCUT2D eigenvalue weighted by atomic mass is 19.4. The van der Waals surface area contributed by atoms with Crippen molar-refractivity contribution in [2.24, 2.45) is 11.8 Å². The second-order valence-corrected chi connectivity index (χ2v) is 7.26. The summed E-state index contributed by atoms with van der Waals surface area (Å²) in [4.78, 5) is 28.2. The molecule has 0 unspecified atom stereocenters. The van der Waals surface area contributed by atoms with E-state index in [1.165, 1.54) is 24.3 Å². The smallest absolute Gasteiger partial charge is 0.406 e. The van der Waals surface area contributed by atoms with Gasteiger partial charge in [-0.05, 0) is 43.4 Å². The second-order valence-electron chi connectivity index (χ2n) is 7.26. The number of hydrogen-bond acceptors (Lipinski definition) is 3. The monoisotopic (exact) mass is 384 g/mol. The summed E-state index contributed by atoms with van der Waals surface area (Å²) < 4.78 is 40.4. The molecule has 1 aliphatic heterocycles. The van der Waals surface area contributed by atoms with Gasteiger partial charge >= 0.3 is 6.36 Å². The van der Waals surface area contributed by atoms with Crippen LogP contribution in [-0.2, 0) is 16.1 Å². The molecule has 1 heterocycles. The van der Waals surface area contributed by atoms with Crippen molar-refractivity contribution in [3.63, 3.8) is 0 Å². The van der Waals surface area contributed by atoms with Crippen LogP contribution in [0.2, 0.25) is 0 Å². The van der Waals surface area contributed by atoms with Gasteiger partial charge in [0.05, 0.1) is 0 Å². The van der Waals surface area contributed by atoms with Gasteiger partial charge < -0.3 is 14.5 Å². The van der Waals surface area contributed by atoms with Crippen LogP contribution in [0, 0.1) is 11.8 Å². The minimum absolute atomic E-state index is 0.00383. The summed E-state index contributed by atoms with van der Waals surface area (Å²) in [5, 5.41) is 0. The van der Waals surface area contributed by atoms with Crippen molar-refractivity contribution in [2.45, 2.75) is 38.6 Å². The molecule has 2 aliphatic rings. The maximum Gasteiger partial charge on any atom is 0.573 e. The first-order valence-electron chi connectivity index (χ1n) is 9.11. The molecule has 1 aliphatic carbocycles. The van der Waals surface area contributed by atoms with E-state index < -0.39 is 6.36 Å². The summed E-state index contributed by atoms with van der Waals surface area (Å²) in [6.07, 6.45) is -1.45. The number of rotatable bonds is 5. The van der Waals surface area contributed by atoms with Crippen LogP contribution in [0.15, 0.2) is 24.3 Å². The van der Waals surface area contributed by atoms with Crippen LogP contribution in [0.5, 0.6) is 5.75 Å². The van der Waals surface area contributed by atoms with E-state index in [4.69, 9.17) is 0 Å². The summed E-state index contributed by atoms with van der Waals surface area (Å²) >= 11 is 0. The number of alkyl halides is 3. The third kappa shape index (κ3) is 5.37. The van der Waals surface area contributed by atoms with Gasteiger partial charge in [-0.25, -0.2) is 0 Å². The highest BCUT2D eigenvalue weighted by Gasteiger charge is 2.36. The summed E-state index contributed by atoms with van der Waals surface area (Å²) in [6, 6.07) is 5.51. The number of nitrogens with zero attached hydrogens (tertiary/aromatic N) is 2. The van der Waals surface area contributed by atoms with Crippen LogP contribution in [0.1, 0.15) is 31.2 Å². The predicted molar refractivity (Wildman–Crippen MR) is 91.6 cm³/mol. The lowest BCUT2D eigenvalue weighted by Gasteiger charge is -2.33. The van der Waals surface area contributed by atoms with Crippen LogP contribution in [0.3, 0.4) is 0 Å². The second kappa shape index (κ2) is 7.78. The van der Waals surface area contributed by atoms with Crippen molar-refractivity contribution in [3.05, 3.63) is 29.8 Å². The summed E-state index contributed by atoms with van der Waals surface area (Å²) in [5.41, 5.74) is 0.724. The van der Waals surface area contributed by atoms with E-state index in [9.17, 15) is 22.8 Å². The van der Waals surface area contributed by atoms with E-state index in [0.717, 1.165) is 18.4 Å². The molecule has 8 heteroatoms. The molecule has 2 amide bonds. The van der Waals surface area contributed by atoms with Gasteiger partial charge in [-0.1, -0.05) is 12.1 Å². The number of hydrogen-bond donors (Lipinski definition) is 0. The minimum Gasteiger partial charge on any atom is -0.406 e. The van der Waals surface area contributed by atoms with Crippen molar-refractivity contribution in [1.29, 1.82) is 0 Å². The van der Waals surface area contributed by atoms with E-state index in [0.29, 0.717) is 32.5 Å². The lowest BCUT2D eigenvalue weighted by atomic mass is 9.95. The molecule has 0 radical (unpaired) electrons. The Morgan fingerprint density at radius 2 is 1.67 bits per heavy atom. The van der Waals surface area contributed by atoms with Crippen LogP contribution in [-0.4, -0.2) is 48.1 Å². The third-order valence-corrected chi connectivity index (χ3v) is 5.04. The first kappa shape index (κ1) is 19.5. The quantitative estimate of drug-likeness (QED) is 0.784. The summed E-state index contributed by atoms with van der Waals surface area (Å²) in [7, 11) is 1.68. The molecule has 1 saturated heterocycles. The van der Waals surface area contributed by atoms with Crippen molar-refractivity contribution in [2.75, 3.05) is 20.1 Å². The topological polar surface area (TPSA) is 49.9 Å². The zero-order chi connectivity index (χ0) is 19.6. The van der Waals surface area contributed by atoms with Gasteiger partial charge in [-0.2, -0.15) is 0 Å². The number of carbonyl (C=O) groups is 2. The van der Waals surface area contributed by atoms with Gasteiger partial charge in [-0.15, -0.1) is 13.2 Å². The van der Waals surface area contributed by atoms with Crippen LogP contribution < -0.4 is 4.74 Å². The number of benzene rings is 1. The molecule has 0 bridgehead atoms. The normalized spacial score (nSPS) is 18.3. The van der Waals surface area contributed by atoms with Crippen LogP contribution >= 0.6 is 0 Å². The fourth-order valence-corrected chi connectivity index (χ4v) is 3.40. The summed E-state index contributed by atoms with van der Waals surface area (Å²) in [5.74, 6) is 0.0165. The standard InChI is InChI=1S/C19H23F3N2O3/c1-23(12-13-2-6-16(7-3-13)27-19(20,21)22)17(25)15-8-10-24(11-9-15)18(26)14-4-5-14/h2-3,6-7,14-15H,4-5,8-12H2,1H3. The van der Waals surface area contributed by atoms with Crippen LogP contribution in [0.25, 0.3) is 0 Å². The molecule has 0 aromatic heterocycles. The van der Waals surface area contributed by atoms with E-state index in [-0.39, 0.29) is 29.4 Å². The number of halogens is 3. The highest BCUT2D eigenvalue weighted by molar-refractivity contribution is 5.82. The van der Waals surface area contributed by atoms with Crippen molar-refractivity contribution < 1.29 is 27.5 Å². The van der Waals surface area contributed by atoms with Gasteiger partial charge in [0.2, 0.25) is 11.8 Å². The molecule has 0 N–H and O–H groups in total. The minimum atomic E-state index is -4.72. The number of ether oxygens (including phenoxy) is 1. The lowest BCUT2D eigenvalue weighted by Crippen LogP contribution is -2.43. The van der Waals surface area contributed by atoms with Crippen molar-refractivity contribution >= 4 is 11.8 Å². The number of piperidine rings is 1. The van der Waals surface area contributed by atoms with E-state index >= 15 is 0 Å². The molecule has 0 atom stereocenters. The fourth-order valence-electron chi connectivity index (χ4n) is 3.40. The van der Waals surface area contributed by atoms with Gasteiger partial charge in [0.1, 0.15) is 5.75 Å². The molecule has 27 heavy (non-hydrogen) atoms. The first-order chi connectivity index (χ1) is 12.7. The maximum absolute atomic E-state index is 12.6. The van der Waals surface area contributed by atoms with Crippen molar-refractivity contribution in [1.82, 2.24) is 9.80 Å². The zero-order valence-corrected chi connectivity index (χ0v) is 15.2. The van der Waals surface area contributed by atoms with Gasteiger partial charge in [0, 0.05) is 38.5 Å². The molecule has 1 aromatic rings. The molecule has 3 rings (SSSR count). The first-order valence-corrected chi connectivity index (χ1v) is 9.11. The molecular formula is C19H23F3N2O3. The zero-order valence-electron chi connectivity index (χ0n) is 15.2. The van der Waals surface area contributed by atoms with Gasteiger partial charge in [0.25, 0.3) is 0 Å². The van der Waals surface area contributed by atoms with E-state index in [2.05, 4.69) is 4.74 Å². The molecule has 1 aromatic carbocycles. The SMILES string of the molecule is CN(Cc1ccc(OC(F)(F)F)cc1)C(=O)C1CCN(C(=O)C2CC2)CC1. The van der Waals surface area contributed by atoms with E-state index in [1.54, 1.807) is 11.9 Å². The Bertz CT molecular complexity index is 678. The molecule has 1 saturated carbocycles. The highest BCUT2D eigenvalue weighted by Crippen LogP contribution is 2.32. The largest absolute Gasteiger partial charge is 0.573 e. The third-order valence-electron chi connectivity index (χ3n) is 5.04. The maximum atomic E-state index is 12.6. The molecule has 5 nitrogen and oxygen atoms in total. The molecule has 2 fully saturated rings. The van der Waals surface area contributed by atoms with Gasteiger partial charge in [-0.3, -0.25) is 9.59 Å². The molecule has 148 valence electrons.